The first-order chi connectivity index (χ1) is 23.9. The molecule has 274 valence electrons. The molecule has 2 aromatic rings. The highest BCUT2D eigenvalue weighted by molar-refractivity contribution is 6.33. The molecule has 0 spiro atoms. The SMILES string of the molecule is CCN(CC)CCC1CCN(C(=O)C(CC(=O)N2CCC(N3CCc4ccccc4NC3=O)CC2)Cc2cc(Cl)c(N)c(C(F)(F)F)c2)CC1. The third-order valence-electron chi connectivity index (χ3n) is 10.8. The van der Waals surface area contributed by atoms with Crippen LogP contribution in [0.2, 0.25) is 5.02 Å². The Morgan fingerprint density at radius 2 is 1.66 bits per heavy atom. The number of nitrogens with zero attached hydrogens (tertiary/aromatic N) is 4. The Bertz CT molecular complexity index is 1500. The van der Waals surface area contributed by atoms with Crippen LogP contribution in [0.3, 0.4) is 0 Å². The molecule has 2 saturated heterocycles. The Morgan fingerprint density at radius 3 is 2.32 bits per heavy atom. The van der Waals surface area contributed by atoms with Gasteiger partial charge in [0.25, 0.3) is 0 Å². The first-order valence-electron chi connectivity index (χ1n) is 18.0. The standard InChI is InChI=1S/C37H50ClF3N6O3/c1-3-44(4-2)15-9-25-10-16-46(17-11-25)35(49)28(21-26-22-30(37(39,40)41)34(42)31(38)23-26)24-33(48)45-18-13-29(14-19-45)47-20-12-27-7-5-6-8-32(27)43-36(47)50/h5-8,22-23,25,28-29H,3-4,9-21,24,42H2,1-2H3,(H,43,50). The van der Waals surface area contributed by atoms with Crippen molar-refractivity contribution < 1.29 is 27.6 Å². The molecular weight excluding hydrogens is 669 g/mol. The van der Waals surface area contributed by atoms with Gasteiger partial charge >= 0.3 is 12.2 Å². The van der Waals surface area contributed by atoms with Crippen molar-refractivity contribution in [1.82, 2.24) is 19.6 Å². The second-order valence-electron chi connectivity index (χ2n) is 13.9. The quantitative estimate of drug-likeness (QED) is 0.257. The lowest BCUT2D eigenvalue weighted by molar-refractivity contribution is -0.143. The minimum absolute atomic E-state index is 0.0356. The molecule has 1 unspecified atom stereocenters. The van der Waals surface area contributed by atoms with E-state index in [1.165, 1.54) is 6.07 Å². The Hall–Kier alpha value is -3.51. The van der Waals surface area contributed by atoms with Crippen molar-refractivity contribution in [3.05, 3.63) is 58.1 Å². The molecule has 0 aromatic heterocycles. The Balaban J connectivity index is 1.25. The van der Waals surface area contributed by atoms with Crippen LogP contribution in [0.5, 0.6) is 0 Å². The van der Waals surface area contributed by atoms with E-state index in [9.17, 15) is 27.6 Å². The van der Waals surface area contributed by atoms with Crippen molar-refractivity contribution in [3.8, 4) is 0 Å². The van der Waals surface area contributed by atoms with E-state index >= 15 is 0 Å². The molecule has 2 aromatic carbocycles. The Labute approximate surface area is 298 Å². The lowest BCUT2D eigenvalue weighted by Gasteiger charge is -2.39. The number of para-hydroxylation sites is 1. The van der Waals surface area contributed by atoms with Crippen molar-refractivity contribution in [2.75, 3.05) is 63.4 Å². The van der Waals surface area contributed by atoms with E-state index in [-0.39, 0.29) is 47.3 Å². The summed E-state index contributed by atoms with van der Waals surface area (Å²) in [5.74, 6) is -0.811. The number of anilines is 2. The van der Waals surface area contributed by atoms with Crippen LogP contribution in [0.15, 0.2) is 36.4 Å². The van der Waals surface area contributed by atoms with E-state index in [0.29, 0.717) is 51.5 Å². The van der Waals surface area contributed by atoms with Crippen molar-refractivity contribution in [2.24, 2.45) is 11.8 Å². The number of nitrogens with one attached hydrogen (secondary N) is 1. The zero-order valence-corrected chi connectivity index (χ0v) is 29.9. The number of nitrogens with two attached hydrogens (primary N) is 1. The number of rotatable bonds is 11. The zero-order valence-electron chi connectivity index (χ0n) is 29.1. The van der Waals surface area contributed by atoms with Crippen LogP contribution in [0.4, 0.5) is 29.3 Å². The minimum Gasteiger partial charge on any atom is -0.397 e. The summed E-state index contributed by atoms with van der Waals surface area (Å²) in [6.45, 7) is 9.82. The van der Waals surface area contributed by atoms with Gasteiger partial charge in [0.2, 0.25) is 11.8 Å². The molecule has 0 saturated carbocycles. The van der Waals surface area contributed by atoms with E-state index in [2.05, 4.69) is 24.1 Å². The fraction of sp³-hybridized carbons (Fsp3) is 0.595. The summed E-state index contributed by atoms with van der Waals surface area (Å²) in [7, 11) is 0. The molecule has 2 fully saturated rings. The van der Waals surface area contributed by atoms with Gasteiger partial charge in [-0.1, -0.05) is 43.6 Å². The molecule has 5 rings (SSSR count). The molecule has 3 aliphatic heterocycles. The highest BCUT2D eigenvalue weighted by Crippen LogP contribution is 2.39. The number of nitrogen functional groups attached to an aromatic ring is 1. The van der Waals surface area contributed by atoms with Crippen LogP contribution >= 0.6 is 11.6 Å². The number of likely N-dealkylation sites (tertiary alicyclic amines) is 2. The van der Waals surface area contributed by atoms with E-state index < -0.39 is 23.3 Å². The maximum Gasteiger partial charge on any atom is 0.418 e. The molecule has 50 heavy (non-hydrogen) atoms. The fourth-order valence-electron chi connectivity index (χ4n) is 7.67. The maximum absolute atomic E-state index is 14.1. The fourth-order valence-corrected chi connectivity index (χ4v) is 7.91. The normalized spacial score (nSPS) is 18.5. The van der Waals surface area contributed by atoms with Crippen molar-refractivity contribution in [1.29, 1.82) is 0 Å². The van der Waals surface area contributed by atoms with Gasteiger partial charge in [0.15, 0.2) is 0 Å². The molecule has 13 heteroatoms. The van der Waals surface area contributed by atoms with Gasteiger partial charge in [-0.15, -0.1) is 0 Å². The average molecular weight is 719 g/mol. The van der Waals surface area contributed by atoms with Gasteiger partial charge in [-0.25, -0.2) is 4.79 Å². The summed E-state index contributed by atoms with van der Waals surface area (Å²) in [4.78, 5) is 48.6. The first-order valence-corrected chi connectivity index (χ1v) is 18.3. The number of hydrogen-bond donors (Lipinski definition) is 2. The summed E-state index contributed by atoms with van der Waals surface area (Å²) in [5.41, 5.74) is 6.19. The summed E-state index contributed by atoms with van der Waals surface area (Å²) < 4.78 is 41.5. The summed E-state index contributed by atoms with van der Waals surface area (Å²) in [5, 5.41) is 2.78. The summed E-state index contributed by atoms with van der Waals surface area (Å²) in [6, 6.07) is 9.88. The van der Waals surface area contributed by atoms with Crippen LogP contribution in [-0.2, 0) is 28.6 Å². The predicted octanol–water partition coefficient (Wildman–Crippen LogP) is 6.54. The third-order valence-corrected chi connectivity index (χ3v) is 11.1. The number of carbonyl (C=O) groups excluding carboxylic acids is 3. The number of alkyl halides is 3. The number of benzene rings is 2. The number of fused-ring (bicyclic) bond motifs is 1. The number of carbonyl (C=O) groups is 3. The number of hydrogen-bond acceptors (Lipinski definition) is 5. The molecule has 4 amide bonds. The van der Waals surface area contributed by atoms with Crippen molar-refractivity contribution in [3.63, 3.8) is 0 Å². The molecule has 1 atom stereocenters. The largest absolute Gasteiger partial charge is 0.418 e. The van der Waals surface area contributed by atoms with Crippen LogP contribution in [0.1, 0.15) is 69.1 Å². The summed E-state index contributed by atoms with van der Waals surface area (Å²) in [6.07, 6.45) is -0.244. The summed E-state index contributed by atoms with van der Waals surface area (Å²) >= 11 is 6.15. The first kappa shape index (κ1) is 37.7. The van der Waals surface area contributed by atoms with Crippen LogP contribution in [0, 0.1) is 11.8 Å². The predicted molar refractivity (Wildman–Crippen MR) is 190 cm³/mol. The molecule has 0 aliphatic carbocycles. The number of urea groups is 1. The third kappa shape index (κ3) is 9.23. The maximum atomic E-state index is 14.1. The second kappa shape index (κ2) is 16.7. The highest BCUT2D eigenvalue weighted by Gasteiger charge is 2.37. The van der Waals surface area contributed by atoms with Gasteiger partial charge in [0, 0.05) is 50.9 Å². The minimum atomic E-state index is -4.72. The van der Waals surface area contributed by atoms with E-state index in [1.54, 1.807) is 9.80 Å². The number of amides is 4. The smallest absolute Gasteiger partial charge is 0.397 e. The van der Waals surface area contributed by atoms with Gasteiger partial charge in [-0.3, -0.25) is 9.59 Å². The molecule has 0 bridgehead atoms. The Morgan fingerprint density at radius 1 is 1.00 bits per heavy atom. The van der Waals surface area contributed by atoms with Crippen LogP contribution in [-0.4, -0.2) is 95.8 Å². The molecular formula is C37H50ClF3N6O3. The average Bonchev–Trinajstić information content (AvgIpc) is 3.27. The van der Waals surface area contributed by atoms with E-state index in [4.69, 9.17) is 17.3 Å². The Kier molecular flexibility index (Phi) is 12.6. The molecule has 9 nitrogen and oxygen atoms in total. The van der Waals surface area contributed by atoms with Gasteiger partial charge in [0.1, 0.15) is 0 Å². The monoisotopic (exact) mass is 718 g/mol. The second-order valence-corrected chi connectivity index (χ2v) is 14.3. The van der Waals surface area contributed by atoms with Crippen LogP contribution < -0.4 is 11.1 Å². The van der Waals surface area contributed by atoms with E-state index in [0.717, 1.165) is 62.6 Å². The number of halogens is 4. The number of piperidine rings is 2. The lowest BCUT2D eigenvalue weighted by atomic mass is 9.89. The molecule has 3 N–H and O–H groups in total. The van der Waals surface area contributed by atoms with Crippen molar-refractivity contribution in [2.45, 2.75) is 77.4 Å². The van der Waals surface area contributed by atoms with Gasteiger partial charge in [-0.05, 0) is 99.8 Å². The van der Waals surface area contributed by atoms with Gasteiger partial charge < -0.3 is 30.7 Å². The molecule has 3 heterocycles. The van der Waals surface area contributed by atoms with Gasteiger partial charge in [-0.2, -0.15) is 13.2 Å². The van der Waals surface area contributed by atoms with Crippen molar-refractivity contribution >= 4 is 40.8 Å². The molecule has 0 radical (unpaired) electrons. The topological polar surface area (TPSA) is 102 Å². The van der Waals surface area contributed by atoms with Crippen LogP contribution in [0.25, 0.3) is 0 Å². The zero-order chi connectivity index (χ0) is 36.0. The lowest BCUT2D eigenvalue weighted by Crippen LogP contribution is -2.50. The molecule has 3 aliphatic rings. The van der Waals surface area contributed by atoms with Gasteiger partial charge in [0.05, 0.1) is 22.2 Å². The highest BCUT2D eigenvalue weighted by atomic mass is 35.5. The van der Waals surface area contributed by atoms with E-state index in [1.807, 2.05) is 29.2 Å².